The lowest BCUT2D eigenvalue weighted by molar-refractivity contribution is -0.115. The molecule has 4 heterocycles. The van der Waals surface area contributed by atoms with Gasteiger partial charge in [0.25, 0.3) is 0 Å². The number of hydrogen-bond donors (Lipinski definition) is 1. The molecule has 140 valence electrons. The molecule has 0 aromatic carbocycles. The number of rotatable bonds is 5. The van der Waals surface area contributed by atoms with E-state index >= 15 is 0 Å². The highest BCUT2D eigenvalue weighted by atomic mass is 32.1. The molecule has 27 heavy (non-hydrogen) atoms. The standard InChI is InChI=1S/C19H21N5OS2/c1-23-6-8-24(9-7-23)15-4-5-17(20-12-15)22-18(25)11-14-13-27-19(21-14)16-3-2-10-26-16/h2-5,10,12-13H,6-9,11H2,1H3,(H,20,22,25). The zero-order valence-corrected chi connectivity index (χ0v) is 16.7. The maximum atomic E-state index is 12.3. The van der Waals surface area contributed by atoms with Crippen LogP contribution < -0.4 is 10.2 Å². The average Bonchev–Trinajstić information content (AvgIpc) is 3.35. The monoisotopic (exact) mass is 399 g/mol. The molecule has 0 spiro atoms. The molecule has 0 radical (unpaired) electrons. The van der Waals surface area contributed by atoms with Gasteiger partial charge in [-0.15, -0.1) is 22.7 Å². The third-order valence-corrected chi connectivity index (χ3v) is 6.44. The van der Waals surface area contributed by atoms with E-state index in [0.717, 1.165) is 47.4 Å². The highest BCUT2D eigenvalue weighted by Gasteiger charge is 2.15. The van der Waals surface area contributed by atoms with E-state index in [4.69, 9.17) is 0 Å². The summed E-state index contributed by atoms with van der Waals surface area (Å²) in [6.45, 7) is 4.11. The zero-order valence-electron chi connectivity index (χ0n) is 15.1. The Bertz CT molecular complexity index is 883. The van der Waals surface area contributed by atoms with Crippen molar-refractivity contribution in [2.24, 2.45) is 0 Å². The summed E-state index contributed by atoms with van der Waals surface area (Å²) >= 11 is 3.22. The quantitative estimate of drug-likeness (QED) is 0.714. The molecule has 4 rings (SSSR count). The molecule has 0 saturated carbocycles. The molecule has 0 unspecified atom stereocenters. The Morgan fingerprint density at radius 2 is 2.04 bits per heavy atom. The van der Waals surface area contributed by atoms with Crippen LogP contribution >= 0.6 is 22.7 Å². The highest BCUT2D eigenvalue weighted by molar-refractivity contribution is 7.20. The summed E-state index contributed by atoms with van der Waals surface area (Å²) in [6.07, 6.45) is 2.09. The van der Waals surface area contributed by atoms with E-state index in [9.17, 15) is 4.79 Å². The molecule has 6 nitrogen and oxygen atoms in total. The van der Waals surface area contributed by atoms with E-state index in [0.29, 0.717) is 5.82 Å². The number of hydrogen-bond acceptors (Lipinski definition) is 7. The van der Waals surface area contributed by atoms with E-state index < -0.39 is 0 Å². The molecule has 1 aliphatic rings. The second-order valence-electron chi connectivity index (χ2n) is 6.54. The lowest BCUT2D eigenvalue weighted by Gasteiger charge is -2.33. The molecule has 1 N–H and O–H groups in total. The number of anilines is 2. The summed E-state index contributed by atoms with van der Waals surface area (Å²) in [4.78, 5) is 27.0. The topological polar surface area (TPSA) is 61.4 Å². The lowest BCUT2D eigenvalue weighted by Crippen LogP contribution is -2.44. The van der Waals surface area contributed by atoms with E-state index in [1.807, 2.05) is 41.2 Å². The summed E-state index contributed by atoms with van der Waals surface area (Å²) in [5.41, 5.74) is 1.89. The van der Waals surface area contributed by atoms with Crippen LogP contribution in [-0.4, -0.2) is 54.0 Å². The number of piperazine rings is 1. The fraction of sp³-hybridized carbons (Fsp3) is 0.316. The van der Waals surface area contributed by atoms with E-state index in [-0.39, 0.29) is 12.3 Å². The number of amides is 1. The Labute approximate surface area is 166 Å². The molecule has 0 atom stereocenters. The average molecular weight is 400 g/mol. The summed E-state index contributed by atoms with van der Waals surface area (Å²) in [5, 5.41) is 7.79. The predicted octanol–water partition coefficient (Wildman–Crippen LogP) is 3.20. The minimum absolute atomic E-state index is 0.0992. The maximum Gasteiger partial charge on any atom is 0.231 e. The molecule has 0 bridgehead atoms. The van der Waals surface area contributed by atoms with Gasteiger partial charge in [0.05, 0.1) is 28.9 Å². The Kier molecular flexibility index (Phi) is 5.47. The first-order valence-electron chi connectivity index (χ1n) is 8.85. The van der Waals surface area contributed by atoms with Crippen LogP contribution in [0.4, 0.5) is 11.5 Å². The van der Waals surface area contributed by atoms with E-state index in [1.54, 1.807) is 22.7 Å². The predicted molar refractivity (Wildman–Crippen MR) is 112 cm³/mol. The molecule has 1 amide bonds. The number of thiophene rings is 1. The second kappa shape index (κ2) is 8.16. The van der Waals surface area contributed by atoms with E-state index in [1.165, 1.54) is 0 Å². The fourth-order valence-corrected chi connectivity index (χ4v) is 4.60. The second-order valence-corrected chi connectivity index (χ2v) is 8.34. The van der Waals surface area contributed by atoms with Crippen molar-refractivity contribution in [3.8, 4) is 9.88 Å². The van der Waals surface area contributed by atoms with Crippen molar-refractivity contribution >= 4 is 40.1 Å². The summed E-state index contributed by atoms with van der Waals surface area (Å²) in [7, 11) is 2.14. The molecule has 3 aromatic rings. The fourth-order valence-electron chi connectivity index (χ4n) is 2.96. The number of nitrogens with zero attached hydrogens (tertiary/aromatic N) is 4. The molecule has 1 fully saturated rings. The molecule has 1 saturated heterocycles. The Balaban J connectivity index is 1.33. The van der Waals surface area contributed by atoms with Crippen LogP contribution in [0, 0.1) is 0 Å². The van der Waals surface area contributed by atoms with Crippen LogP contribution in [0.15, 0.2) is 41.2 Å². The van der Waals surface area contributed by atoms with Gasteiger partial charge in [0.1, 0.15) is 10.8 Å². The first-order valence-corrected chi connectivity index (χ1v) is 10.6. The summed E-state index contributed by atoms with van der Waals surface area (Å²) in [6, 6.07) is 7.93. The molecular formula is C19H21N5OS2. The molecular weight excluding hydrogens is 378 g/mol. The molecule has 3 aromatic heterocycles. The van der Waals surface area contributed by atoms with Gasteiger partial charge in [-0.2, -0.15) is 0 Å². The van der Waals surface area contributed by atoms with Crippen LogP contribution in [0.2, 0.25) is 0 Å². The van der Waals surface area contributed by atoms with Crippen molar-refractivity contribution in [1.82, 2.24) is 14.9 Å². The first-order chi connectivity index (χ1) is 13.2. The van der Waals surface area contributed by atoms with E-state index in [2.05, 4.69) is 32.1 Å². The van der Waals surface area contributed by atoms with Gasteiger partial charge in [-0.05, 0) is 30.6 Å². The smallest absolute Gasteiger partial charge is 0.231 e. The molecule has 8 heteroatoms. The summed E-state index contributed by atoms with van der Waals surface area (Å²) < 4.78 is 0. The van der Waals surface area contributed by atoms with Gasteiger partial charge in [0, 0.05) is 31.6 Å². The lowest BCUT2D eigenvalue weighted by atomic mass is 10.3. The Morgan fingerprint density at radius 1 is 1.19 bits per heavy atom. The minimum atomic E-state index is -0.0992. The van der Waals surface area contributed by atoms with Gasteiger partial charge in [-0.3, -0.25) is 4.79 Å². The largest absolute Gasteiger partial charge is 0.368 e. The number of likely N-dealkylation sites (N-methyl/N-ethyl adjacent to an activating group) is 1. The number of carbonyl (C=O) groups excluding carboxylic acids is 1. The molecule has 0 aliphatic carbocycles. The number of thiazole rings is 1. The van der Waals surface area contributed by atoms with Gasteiger partial charge in [-0.25, -0.2) is 9.97 Å². The number of pyridine rings is 1. The van der Waals surface area contributed by atoms with Crippen molar-refractivity contribution in [3.05, 3.63) is 46.9 Å². The van der Waals surface area contributed by atoms with Crippen LogP contribution in [0.25, 0.3) is 9.88 Å². The third-order valence-electron chi connectivity index (χ3n) is 4.51. The van der Waals surface area contributed by atoms with Crippen LogP contribution in [0.5, 0.6) is 0 Å². The first kappa shape index (κ1) is 18.1. The highest BCUT2D eigenvalue weighted by Crippen LogP contribution is 2.28. The van der Waals surface area contributed by atoms with Crippen molar-refractivity contribution in [3.63, 3.8) is 0 Å². The Morgan fingerprint density at radius 3 is 2.74 bits per heavy atom. The van der Waals surface area contributed by atoms with Crippen LogP contribution in [-0.2, 0) is 11.2 Å². The zero-order chi connectivity index (χ0) is 18.6. The van der Waals surface area contributed by atoms with Gasteiger partial charge >= 0.3 is 0 Å². The molecule has 1 aliphatic heterocycles. The van der Waals surface area contributed by atoms with Crippen molar-refractivity contribution in [2.45, 2.75) is 6.42 Å². The maximum absolute atomic E-state index is 12.3. The van der Waals surface area contributed by atoms with Gasteiger partial charge in [0.2, 0.25) is 5.91 Å². The summed E-state index contributed by atoms with van der Waals surface area (Å²) in [5.74, 6) is 0.476. The third kappa shape index (κ3) is 4.52. The van der Waals surface area contributed by atoms with Gasteiger partial charge < -0.3 is 15.1 Å². The normalized spacial score (nSPS) is 15.1. The minimum Gasteiger partial charge on any atom is -0.368 e. The van der Waals surface area contributed by atoms with Crippen LogP contribution in [0.3, 0.4) is 0 Å². The van der Waals surface area contributed by atoms with Crippen molar-refractivity contribution in [2.75, 3.05) is 43.4 Å². The van der Waals surface area contributed by atoms with Crippen LogP contribution in [0.1, 0.15) is 5.69 Å². The Hall–Kier alpha value is -2.29. The number of carbonyl (C=O) groups is 1. The SMILES string of the molecule is CN1CCN(c2ccc(NC(=O)Cc3csc(-c4cccs4)n3)nc2)CC1. The van der Waals surface area contributed by atoms with Crippen molar-refractivity contribution < 1.29 is 4.79 Å². The van der Waals surface area contributed by atoms with Gasteiger partial charge in [0.15, 0.2) is 0 Å². The number of nitrogens with one attached hydrogen (secondary N) is 1. The number of aromatic nitrogens is 2. The van der Waals surface area contributed by atoms with Gasteiger partial charge in [-0.1, -0.05) is 6.07 Å². The van der Waals surface area contributed by atoms with Crippen molar-refractivity contribution in [1.29, 1.82) is 0 Å².